The van der Waals surface area contributed by atoms with Crippen LogP contribution in [0.25, 0.3) is 0 Å². The number of ether oxygens (including phenoxy) is 2. The fourth-order valence-corrected chi connectivity index (χ4v) is 10.0. The SMILES string of the molecule is CC12CC(C3CC4CC3(O)C3(C)CCC5C(=C43)CC(O)C3(O)CC=CC(=O)C53C)OC(O)C1(C)O2. The van der Waals surface area contributed by atoms with Crippen molar-refractivity contribution in [3.63, 3.8) is 0 Å². The number of fused-ring (bicyclic) bond motifs is 9. The lowest BCUT2D eigenvalue weighted by molar-refractivity contribution is -0.225. The van der Waals surface area contributed by atoms with Crippen LogP contribution in [0.15, 0.2) is 23.3 Å². The number of epoxide rings is 1. The number of hydrogen-bond acceptors (Lipinski definition) is 7. The van der Waals surface area contributed by atoms with Gasteiger partial charge in [-0.25, -0.2) is 0 Å². The number of hydrogen-bond donors (Lipinski definition) is 4. The number of aliphatic hydroxyl groups is 4. The molecule has 0 amide bonds. The molecule has 0 aromatic rings. The zero-order valence-electron chi connectivity index (χ0n) is 21.1. The summed E-state index contributed by atoms with van der Waals surface area (Å²) in [6, 6.07) is 0. The van der Waals surface area contributed by atoms with Crippen LogP contribution < -0.4 is 0 Å². The van der Waals surface area contributed by atoms with E-state index in [1.54, 1.807) is 12.2 Å². The molecule has 5 fully saturated rings. The molecule has 2 aliphatic heterocycles. The van der Waals surface area contributed by atoms with Crippen LogP contribution in [0.5, 0.6) is 0 Å². The van der Waals surface area contributed by atoms with Crippen molar-refractivity contribution in [1.29, 1.82) is 0 Å². The third kappa shape index (κ3) is 2.30. The minimum atomic E-state index is -1.46. The molecule has 2 heterocycles. The Morgan fingerprint density at radius 1 is 1.06 bits per heavy atom. The third-order valence-corrected chi connectivity index (χ3v) is 12.4. The molecule has 2 saturated heterocycles. The first-order chi connectivity index (χ1) is 16.3. The molecule has 7 heteroatoms. The van der Waals surface area contributed by atoms with Crippen molar-refractivity contribution in [3.05, 3.63) is 23.3 Å². The summed E-state index contributed by atoms with van der Waals surface area (Å²) in [4.78, 5) is 13.2. The Balaban J connectivity index is 1.28. The molecule has 0 spiro atoms. The van der Waals surface area contributed by atoms with Gasteiger partial charge in [0, 0.05) is 17.8 Å². The Kier molecular flexibility index (Phi) is 4.15. The minimum absolute atomic E-state index is 0.109. The zero-order chi connectivity index (χ0) is 25.0. The minimum Gasteiger partial charge on any atom is -0.390 e. The van der Waals surface area contributed by atoms with E-state index in [-0.39, 0.29) is 36.1 Å². The van der Waals surface area contributed by atoms with Crippen molar-refractivity contribution in [1.82, 2.24) is 0 Å². The highest BCUT2D eigenvalue weighted by Crippen LogP contribution is 2.73. The largest absolute Gasteiger partial charge is 0.390 e. The van der Waals surface area contributed by atoms with Gasteiger partial charge in [0.05, 0.1) is 23.2 Å². The van der Waals surface area contributed by atoms with E-state index in [0.717, 1.165) is 18.4 Å². The van der Waals surface area contributed by atoms with Crippen LogP contribution in [-0.2, 0) is 14.3 Å². The first-order valence-corrected chi connectivity index (χ1v) is 13.4. The Labute approximate surface area is 206 Å². The summed E-state index contributed by atoms with van der Waals surface area (Å²) in [5.41, 5.74) is -2.79. The molecule has 12 atom stereocenters. The van der Waals surface area contributed by atoms with Gasteiger partial charge in [-0.2, -0.15) is 0 Å². The van der Waals surface area contributed by atoms with E-state index in [2.05, 4.69) is 6.92 Å². The average Bonchev–Trinajstić information content (AvgIpc) is 3.07. The van der Waals surface area contributed by atoms with Crippen LogP contribution in [0, 0.1) is 28.6 Å². The molecule has 0 aromatic carbocycles. The standard InChI is InChI=1S/C28H38O7/c1-23-9-7-16-15(11-20(30)27(32)8-5-6-19(29)25(16,27)3)21(23)14-10-17(28(23,33)12-14)18-13-24(2)26(4,35-24)22(31)34-18/h5-6,14,16-18,20,22,30-33H,7-13H2,1-4H3. The van der Waals surface area contributed by atoms with Crippen LogP contribution in [0.2, 0.25) is 0 Å². The molecule has 7 rings (SSSR count). The predicted octanol–water partition coefficient (Wildman–Crippen LogP) is 2.16. The molecule has 0 radical (unpaired) electrons. The second-order valence-electron chi connectivity index (χ2n) is 13.5. The van der Waals surface area contributed by atoms with Gasteiger partial charge in [-0.3, -0.25) is 4.79 Å². The molecule has 3 saturated carbocycles. The maximum absolute atomic E-state index is 13.2. The molecule has 5 aliphatic carbocycles. The summed E-state index contributed by atoms with van der Waals surface area (Å²) in [7, 11) is 0. The fraction of sp³-hybridized carbons (Fsp3) is 0.821. The van der Waals surface area contributed by atoms with E-state index in [9.17, 15) is 25.2 Å². The maximum Gasteiger partial charge on any atom is 0.186 e. The van der Waals surface area contributed by atoms with Crippen LogP contribution in [-0.4, -0.2) is 67.1 Å². The second-order valence-corrected chi connectivity index (χ2v) is 13.5. The number of carbonyl (C=O) groups excluding carboxylic acids is 1. The lowest BCUT2D eigenvalue weighted by Gasteiger charge is -2.61. The second kappa shape index (κ2) is 6.30. The first kappa shape index (κ1) is 23.1. The van der Waals surface area contributed by atoms with Crippen LogP contribution in [0.1, 0.15) is 72.6 Å². The number of aliphatic hydroxyl groups excluding tert-OH is 2. The molecule has 2 bridgehead atoms. The topological polar surface area (TPSA) is 120 Å². The van der Waals surface area contributed by atoms with Gasteiger partial charge in [0.15, 0.2) is 12.1 Å². The van der Waals surface area contributed by atoms with Gasteiger partial charge in [-0.1, -0.05) is 24.1 Å². The van der Waals surface area contributed by atoms with Gasteiger partial charge < -0.3 is 29.9 Å². The van der Waals surface area contributed by atoms with Gasteiger partial charge in [0.25, 0.3) is 0 Å². The Morgan fingerprint density at radius 3 is 2.51 bits per heavy atom. The number of ketones is 1. The molecule has 7 nitrogen and oxygen atoms in total. The van der Waals surface area contributed by atoms with Gasteiger partial charge in [0.1, 0.15) is 16.8 Å². The molecule has 0 aromatic heterocycles. The van der Waals surface area contributed by atoms with E-state index in [1.807, 2.05) is 20.8 Å². The van der Waals surface area contributed by atoms with Crippen molar-refractivity contribution < 1.29 is 34.7 Å². The normalized spacial score (nSPS) is 62.3. The molecule has 192 valence electrons. The summed E-state index contributed by atoms with van der Waals surface area (Å²) in [6.07, 6.45) is 5.04. The number of rotatable bonds is 1. The highest BCUT2D eigenvalue weighted by atomic mass is 16.7. The van der Waals surface area contributed by atoms with E-state index in [4.69, 9.17) is 9.47 Å². The molecular formula is C28H38O7. The Morgan fingerprint density at radius 2 is 1.80 bits per heavy atom. The van der Waals surface area contributed by atoms with Crippen LogP contribution >= 0.6 is 0 Å². The van der Waals surface area contributed by atoms with Gasteiger partial charge in [0.2, 0.25) is 0 Å². The van der Waals surface area contributed by atoms with Crippen molar-refractivity contribution >= 4 is 5.78 Å². The van der Waals surface area contributed by atoms with E-state index in [1.165, 1.54) is 5.57 Å². The van der Waals surface area contributed by atoms with Crippen LogP contribution in [0.3, 0.4) is 0 Å². The van der Waals surface area contributed by atoms with Crippen molar-refractivity contribution in [3.8, 4) is 0 Å². The lowest BCUT2D eigenvalue weighted by atomic mass is 9.45. The van der Waals surface area contributed by atoms with E-state index >= 15 is 0 Å². The lowest BCUT2D eigenvalue weighted by Crippen LogP contribution is -2.67. The molecule has 4 N–H and O–H groups in total. The summed E-state index contributed by atoms with van der Waals surface area (Å²) in [5, 5.41) is 45.8. The summed E-state index contributed by atoms with van der Waals surface area (Å²) >= 11 is 0. The Hall–Kier alpha value is -1.09. The highest BCUT2D eigenvalue weighted by molar-refractivity contribution is 5.97. The Bertz CT molecular complexity index is 1100. The monoisotopic (exact) mass is 486 g/mol. The van der Waals surface area contributed by atoms with Crippen molar-refractivity contribution in [2.24, 2.45) is 28.6 Å². The molecular weight excluding hydrogens is 448 g/mol. The summed E-state index contributed by atoms with van der Waals surface area (Å²) in [6.45, 7) is 7.88. The van der Waals surface area contributed by atoms with E-state index < -0.39 is 45.6 Å². The number of allylic oxidation sites excluding steroid dienone is 1. The average molecular weight is 487 g/mol. The fourth-order valence-electron chi connectivity index (χ4n) is 10.0. The van der Waals surface area contributed by atoms with Crippen LogP contribution in [0.4, 0.5) is 0 Å². The highest BCUT2D eigenvalue weighted by Gasteiger charge is 2.76. The van der Waals surface area contributed by atoms with Gasteiger partial charge in [-0.15, -0.1) is 0 Å². The predicted molar refractivity (Wildman–Crippen MR) is 125 cm³/mol. The van der Waals surface area contributed by atoms with Gasteiger partial charge in [-0.05, 0) is 77.2 Å². The van der Waals surface area contributed by atoms with Crippen molar-refractivity contribution in [2.45, 2.75) is 114 Å². The first-order valence-electron chi connectivity index (χ1n) is 13.4. The molecule has 12 unspecified atom stereocenters. The number of carbonyl (C=O) groups is 1. The zero-order valence-corrected chi connectivity index (χ0v) is 21.1. The smallest absolute Gasteiger partial charge is 0.186 e. The molecule has 7 aliphatic rings. The van der Waals surface area contributed by atoms with E-state index in [0.29, 0.717) is 25.7 Å². The third-order valence-electron chi connectivity index (χ3n) is 12.4. The van der Waals surface area contributed by atoms with Gasteiger partial charge >= 0.3 is 0 Å². The quantitative estimate of drug-likeness (QED) is 0.331. The summed E-state index contributed by atoms with van der Waals surface area (Å²) in [5.74, 6) is -0.211. The molecule has 35 heavy (non-hydrogen) atoms. The maximum atomic E-state index is 13.2. The summed E-state index contributed by atoms with van der Waals surface area (Å²) < 4.78 is 12.0. The van der Waals surface area contributed by atoms with Crippen molar-refractivity contribution in [2.75, 3.05) is 0 Å².